The molecule has 1 aromatic carbocycles. The average Bonchev–Trinajstić information content (AvgIpc) is 2.40. The Morgan fingerprint density at radius 3 is 2.95 bits per heavy atom. The Kier molecular flexibility index (Phi) is 4.77. The molecule has 1 heterocycles. The minimum absolute atomic E-state index is 0.0541. The molecule has 2 atom stereocenters. The second kappa shape index (κ2) is 6.35. The molecule has 0 spiro atoms. The number of hydrogen-bond acceptors (Lipinski definition) is 3. The minimum Gasteiger partial charge on any atom is -0.493 e. The third kappa shape index (κ3) is 3.67. The fourth-order valence-corrected chi connectivity index (χ4v) is 2.50. The summed E-state index contributed by atoms with van der Waals surface area (Å²) in [6.45, 7) is 6.11. The van der Waals surface area contributed by atoms with E-state index >= 15 is 4.39 Å². The van der Waals surface area contributed by atoms with Crippen molar-refractivity contribution in [1.29, 1.82) is 0 Å². The van der Waals surface area contributed by atoms with E-state index < -0.39 is 5.67 Å². The Morgan fingerprint density at radius 2 is 2.26 bits per heavy atom. The fraction of sp³-hybridized carbons (Fsp3) is 0.600. The molecule has 19 heavy (non-hydrogen) atoms. The minimum atomic E-state index is -1.43. The van der Waals surface area contributed by atoms with Crippen molar-refractivity contribution >= 4 is 0 Å². The van der Waals surface area contributed by atoms with Gasteiger partial charge in [0.15, 0.2) is 0 Å². The Hall–Kier alpha value is -1.13. The molecule has 0 amide bonds. The van der Waals surface area contributed by atoms with Crippen LogP contribution < -0.4 is 10.1 Å². The summed E-state index contributed by atoms with van der Waals surface area (Å²) in [5, 5.41) is 3.29. The first-order chi connectivity index (χ1) is 9.13. The van der Waals surface area contributed by atoms with Crippen LogP contribution >= 0.6 is 0 Å². The predicted molar refractivity (Wildman–Crippen MR) is 73.3 cm³/mol. The highest BCUT2D eigenvalue weighted by atomic mass is 19.1. The van der Waals surface area contributed by atoms with Crippen LogP contribution in [0.4, 0.5) is 4.39 Å². The molecule has 1 N–H and O–H groups in total. The van der Waals surface area contributed by atoms with Crippen molar-refractivity contribution in [2.24, 2.45) is 0 Å². The number of alkyl halides is 1. The largest absolute Gasteiger partial charge is 0.493 e. The number of nitrogens with one attached hydrogen (secondary N) is 1. The Morgan fingerprint density at radius 1 is 1.47 bits per heavy atom. The van der Waals surface area contributed by atoms with E-state index in [0.29, 0.717) is 37.6 Å². The summed E-state index contributed by atoms with van der Waals surface area (Å²) in [6, 6.07) is 7.39. The van der Waals surface area contributed by atoms with Gasteiger partial charge in [0, 0.05) is 24.6 Å². The average molecular weight is 267 g/mol. The van der Waals surface area contributed by atoms with E-state index in [2.05, 4.69) is 5.32 Å². The number of halogens is 1. The van der Waals surface area contributed by atoms with Gasteiger partial charge in [-0.15, -0.1) is 0 Å². The van der Waals surface area contributed by atoms with Crippen LogP contribution in [0.2, 0.25) is 0 Å². The Bertz CT molecular complexity index is 403. The van der Waals surface area contributed by atoms with Crippen molar-refractivity contribution in [2.45, 2.75) is 32.0 Å². The topological polar surface area (TPSA) is 30.5 Å². The molecule has 0 bridgehead atoms. The SMILES string of the molecule is CCOc1ccccc1C(C)(F)CC1COCCN1. The lowest BCUT2D eigenvalue weighted by Crippen LogP contribution is -2.44. The first kappa shape index (κ1) is 14.3. The van der Waals surface area contributed by atoms with Gasteiger partial charge in [0.1, 0.15) is 11.4 Å². The van der Waals surface area contributed by atoms with Crippen molar-refractivity contribution in [2.75, 3.05) is 26.4 Å². The van der Waals surface area contributed by atoms with E-state index in [9.17, 15) is 0 Å². The second-order valence-corrected chi connectivity index (χ2v) is 5.06. The number of hydrogen-bond donors (Lipinski definition) is 1. The van der Waals surface area contributed by atoms with Crippen molar-refractivity contribution < 1.29 is 13.9 Å². The molecule has 1 saturated heterocycles. The smallest absolute Gasteiger partial charge is 0.138 e. The highest BCUT2D eigenvalue weighted by Crippen LogP contribution is 2.37. The maximum atomic E-state index is 15.0. The van der Waals surface area contributed by atoms with Crippen LogP contribution in [0.3, 0.4) is 0 Å². The molecule has 0 aliphatic carbocycles. The summed E-state index contributed by atoms with van der Waals surface area (Å²) >= 11 is 0. The summed E-state index contributed by atoms with van der Waals surface area (Å²) in [5.41, 5.74) is -0.811. The van der Waals surface area contributed by atoms with Gasteiger partial charge < -0.3 is 14.8 Å². The van der Waals surface area contributed by atoms with Crippen LogP contribution in [0.25, 0.3) is 0 Å². The molecule has 0 aromatic heterocycles. The molecule has 1 aromatic rings. The van der Waals surface area contributed by atoms with Gasteiger partial charge in [-0.2, -0.15) is 0 Å². The molecule has 1 aliphatic heterocycles. The van der Waals surface area contributed by atoms with Crippen molar-refractivity contribution in [3.05, 3.63) is 29.8 Å². The number of para-hydroxylation sites is 1. The van der Waals surface area contributed by atoms with Crippen molar-refractivity contribution in [3.8, 4) is 5.75 Å². The van der Waals surface area contributed by atoms with E-state index in [-0.39, 0.29) is 6.04 Å². The lowest BCUT2D eigenvalue weighted by atomic mass is 9.90. The number of benzene rings is 1. The van der Waals surface area contributed by atoms with E-state index in [1.807, 2.05) is 25.1 Å². The number of ether oxygens (including phenoxy) is 2. The highest BCUT2D eigenvalue weighted by molar-refractivity contribution is 5.37. The summed E-state index contributed by atoms with van der Waals surface area (Å²) in [7, 11) is 0. The zero-order valence-corrected chi connectivity index (χ0v) is 11.6. The van der Waals surface area contributed by atoms with E-state index in [0.717, 1.165) is 6.54 Å². The van der Waals surface area contributed by atoms with Gasteiger partial charge in [0.25, 0.3) is 0 Å². The van der Waals surface area contributed by atoms with E-state index in [1.165, 1.54) is 0 Å². The highest BCUT2D eigenvalue weighted by Gasteiger charge is 2.33. The third-order valence-electron chi connectivity index (χ3n) is 3.38. The lowest BCUT2D eigenvalue weighted by Gasteiger charge is -2.31. The zero-order chi connectivity index (χ0) is 13.7. The molecule has 1 fully saturated rings. The molecule has 3 nitrogen and oxygen atoms in total. The third-order valence-corrected chi connectivity index (χ3v) is 3.38. The maximum Gasteiger partial charge on any atom is 0.138 e. The summed E-state index contributed by atoms with van der Waals surface area (Å²) < 4.78 is 25.9. The molecule has 4 heteroatoms. The molecule has 2 unspecified atom stereocenters. The molecular formula is C15H22FNO2. The summed E-state index contributed by atoms with van der Waals surface area (Å²) in [5.74, 6) is 0.631. The Balaban J connectivity index is 2.13. The predicted octanol–water partition coefficient (Wildman–Crippen LogP) is 2.65. The van der Waals surface area contributed by atoms with Gasteiger partial charge in [-0.3, -0.25) is 0 Å². The molecule has 106 valence electrons. The molecule has 0 radical (unpaired) electrons. The molecule has 2 rings (SSSR count). The van der Waals surface area contributed by atoms with Crippen molar-refractivity contribution in [1.82, 2.24) is 5.32 Å². The quantitative estimate of drug-likeness (QED) is 0.889. The van der Waals surface area contributed by atoms with E-state index in [1.54, 1.807) is 13.0 Å². The Labute approximate surface area is 114 Å². The van der Waals surface area contributed by atoms with Crippen LogP contribution in [0.15, 0.2) is 24.3 Å². The molecule has 1 aliphatic rings. The molecule has 0 saturated carbocycles. The van der Waals surface area contributed by atoms with Crippen LogP contribution in [0, 0.1) is 0 Å². The summed E-state index contributed by atoms with van der Waals surface area (Å²) in [4.78, 5) is 0. The van der Waals surface area contributed by atoms with Gasteiger partial charge in [-0.1, -0.05) is 18.2 Å². The van der Waals surface area contributed by atoms with Crippen LogP contribution in [0.1, 0.15) is 25.8 Å². The van der Waals surface area contributed by atoms with Crippen LogP contribution in [-0.4, -0.2) is 32.4 Å². The van der Waals surface area contributed by atoms with Gasteiger partial charge >= 0.3 is 0 Å². The second-order valence-electron chi connectivity index (χ2n) is 5.06. The van der Waals surface area contributed by atoms with E-state index in [4.69, 9.17) is 9.47 Å². The molecular weight excluding hydrogens is 245 g/mol. The standard InChI is InChI=1S/C15H22FNO2/c1-3-19-14-7-5-4-6-13(14)15(2,16)10-12-11-18-9-8-17-12/h4-7,12,17H,3,8-11H2,1-2H3. The number of morpholine rings is 1. The van der Waals surface area contributed by atoms with Crippen molar-refractivity contribution in [3.63, 3.8) is 0 Å². The first-order valence-electron chi connectivity index (χ1n) is 6.86. The fourth-order valence-electron chi connectivity index (χ4n) is 2.50. The van der Waals surface area contributed by atoms with Crippen LogP contribution in [-0.2, 0) is 10.4 Å². The normalized spacial score (nSPS) is 22.8. The summed E-state index contributed by atoms with van der Waals surface area (Å²) in [6.07, 6.45) is 0.386. The van der Waals surface area contributed by atoms with Gasteiger partial charge in [-0.25, -0.2) is 4.39 Å². The van der Waals surface area contributed by atoms with Crippen LogP contribution in [0.5, 0.6) is 5.75 Å². The monoisotopic (exact) mass is 267 g/mol. The maximum absolute atomic E-state index is 15.0. The first-order valence-corrected chi connectivity index (χ1v) is 6.86. The van der Waals surface area contributed by atoms with Gasteiger partial charge in [-0.05, 0) is 19.9 Å². The van der Waals surface area contributed by atoms with Gasteiger partial charge in [0.05, 0.1) is 19.8 Å². The number of rotatable bonds is 5. The lowest BCUT2D eigenvalue weighted by molar-refractivity contribution is 0.0466. The zero-order valence-electron chi connectivity index (χ0n) is 11.6. The van der Waals surface area contributed by atoms with Gasteiger partial charge in [0.2, 0.25) is 0 Å².